The molecule has 6 heteroatoms. The summed E-state index contributed by atoms with van der Waals surface area (Å²) < 4.78 is 5.97. The summed E-state index contributed by atoms with van der Waals surface area (Å²) in [5.74, 6) is 2.52. The fourth-order valence-electron chi connectivity index (χ4n) is 3.30. The molecular formula is C20H21ClN4O. The van der Waals surface area contributed by atoms with Crippen molar-refractivity contribution in [2.45, 2.75) is 25.4 Å². The lowest BCUT2D eigenvalue weighted by Crippen LogP contribution is -2.46. The van der Waals surface area contributed by atoms with Gasteiger partial charge in [-0.2, -0.15) is 0 Å². The molecule has 2 aromatic heterocycles. The molecule has 5 nitrogen and oxygen atoms in total. The van der Waals surface area contributed by atoms with E-state index in [1.807, 2.05) is 42.5 Å². The lowest BCUT2D eigenvalue weighted by Gasteiger charge is -2.33. The first-order valence-corrected chi connectivity index (χ1v) is 9.26. The number of anilines is 1. The molecule has 1 fully saturated rings. The van der Waals surface area contributed by atoms with Crippen LogP contribution >= 0.6 is 11.6 Å². The van der Waals surface area contributed by atoms with Crippen LogP contribution in [0.2, 0.25) is 5.02 Å². The van der Waals surface area contributed by atoms with Gasteiger partial charge in [0, 0.05) is 37.1 Å². The number of hydrogen-bond donors (Lipinski definition) is 1. The van der Waals surface area contributed by atoms with Crippen LogP contribution in [-0.4, -0.2) is 29.1 Å². The molecular weight excluding hydrogens is 348 g/mol. The maximum atomic E-state index is 6.25. The van der Waals surface area contributed by atoms with Crippen molar-refractivity contribution in [3.8, 4) is 11.3 Å². The molecule has 0 amide bonds. The van der Waals surface area contributed by atoms with Gasteiger partial charge in [-0.15, -0.1) is 0 Å². The molecule has 0 radical (unpaired) electrons. The van der Waals surface area contributed by atoms with Gasteiger partial charge >= 0.3 is 0 Å². The summed E-state index contributed by atoms with van der Waals surface area (Å²) in [6, 6.07) is 13.9. The number of rotatable bonds is 5. The fourth-order valence-corrected chi connectivity index (χ4v) is 3.53. The molecule has 1 aliphatic rings. The summed E-state index contributed by atoms with van der Waals surface area (Å²) in [7, 11) is 0. The Balaban J connectivity index is 1.36. The molecule has 1 aromatic carbocycles. The van der Waals surface area contributed by atoms with Crippen molar-refractivity contribution in [2.24, 2.45) is 0 Å². The van der Waals surface area contributed by atoms with Gasteiger partial charge in [-0.1, -0.05) is 23.7 Å². The van der Waals surface area contributed by atoms with E-state index in [4.69, 9.17) is 16.0 Å². The van der Waals surface area contributed by atoms with Gasteiger partial charge in [0.2, 0.25) is 5.95 Å². The zero-order valence-electron chi connectivity index (χ0n) is 14.4. The van der Waals surface area contributed by atoms with E-state index in [0.717, 1.165) is 49.0 Å². The first-order valence-electron chi connectivity index (χ1n) is 8.88. The maximum Gasteiger partial charge on any atom is 0.225 e. The largest absolute Gasteiger partial charge is 0.460 e. The van der Waals surface area contributed by atoms with Gasteiger partial charge in [0.15, 0.2) is 0 Å². The van der Waals surface area contributed by atoms with Gasteiger partial charge in [-0.25, -0.2) is 9.97 Å². The highest BCUT2D eigenvalue weighted by Gasteiger charge is 2.21. The first kappa shape index (κ1) is 17.1. The Morgan fingerprint density at radius 3 is 2.81 bits per heavy atom. The van der Waals surface area contributed by atoms with Gasteiger partial charge in [0.1, 0.15) is 11.5 Å². The third kappa shape index (κ3) is 3.89. The number of nitrogens with zero attached hydrogens (tertiary/aromatic N) is 3. The minimum absolute atomic E-state index is 0.390. The molecule has 1 aliphatic heterocycles. The van der Waals surface area contributed by atoms with E-state index >= 15 is 0 Å². The van der Waals surface area contributed by atoms with E-state index in [9.17, 15) is 0 Å². The molecule has 0 saturated carbocycles. The van der Waals surface area contributed by atoms with E-state index in [1.54, 1.807) is 12.4 Å². The SMILES string of the molecule is Clc1ccccc1-c1ccc(CN[C@@H]2CCCN(c3ncccn3)C2)o1. The molecule has 4 rings (SSSR count). The van der Waals surface area contributed by atoms with E-state index in [0.29, 0.717) is 17.6 Å². The van der Waals surface area contributed by atoms with Crippen molar-refractivity contribution < 1.29 is 4.42 Å². The van der Waals surface area contributed by atoms with Crippen molar-refractivity contribution in [3.05, 3.63) is 65.6 Å². The minimum Gasteiger partial charge on any atom is -0.460 e. The predicted octanol–water partition coefficient (Wildman–Crippen LogP) is 4.15. The average Bonchev–Trinajstić information content (AvgIpc) is 3.16. The summed E-state index contributed by atoms with van der Waals surface area (Å²) in [5, 5.41) is 4.29. The topological polar surface area (TPSA) is 54.2 Å². The van der Waals surface area contributed by atoms with Crippen molar-refractivity contribution in [2.75, 3.05) is 18.0 Å². The fraction of sp³-hybridized carbons (Fsp3) is 0.300. The number of piperidine rings is 1. The summed E-state index contributed by atoms with van der Waals surface area (Å²) in [6.07, 6.45) is 5.84. The standard InChI is InChI=1S/C20H21ClN4O/c21-18-7-2-1-6-17(18)19-9-8-16(26-19)13-24-15-5-3-12-25(14-15)20-22-10-4-11-23-20/h1-2,4,6-11,15,24H,3,5,12-14H2/t15-/m1/s1. The Bertz CT molecular complexity index is 852. The Morgan fingerprint density at radius 1 is 1.12 bits per heavy atom. The molecule has 1 N–H and O–H groups in total. The monoisotopic (exact) mass is 368 g/mol. The third-order valence-corrected chi connectivity index (χ3v) is 4.95. The van der Waals surface area contributed by atoms with Crippen molar-refractivity contribution in [3.63, 3.8) is 0 Å². The molecule has 26 heavy (non-hydrogen) atoms. The first-order chi connectivity index (χ1) is 12.8. The Morgan fingerprint density at radius 2 is 1.96 bits per heavy atom. The predicted molar refractivity (Wildman–Crippen MR) is 103 cm³/mol. The summed E-state index contributed by atoms with van der Waals surface area (Å²) in [4.78, 5) is 10.9. The highest BCUT2D eigenvalue weighted by Crippen LogP contribution is 2.29. The van der Waals surface area contributed by atoms with Gasteiger partial charge in [-0.3, -0.25) is 0 Å². The van der Waals surface area contributed by atoms with E-state index in [-0.39, 0.29) is 0 Å². The molecule has 134 valence electrons. The van der Waals surface area contributed by atoms with Crippen LogP contribution in [0, 0.1) is 0 Å². The second kappa shape index (κ2) is 7.89. The van der Waals surface area contributed by atoms with Crippen molar-refractivity contribution in [1.82, 2.24) is 15.3 Å². The highest BCUT2D eigenvalue weighted by molar-refractivity contribution is 6.33. The van der Waals surface area contributed by atoms with Crippen molar-refractivity contribution in [1.29, 1.82) is 0 Å². The maximum absolute atomic E-state index is 6.25. The molecule has 0 unspecified atom stereocenters. The smallest absolute Gasteiger partial charge is 0.225 e. The molecule has 0 bridgehead atoms. The summed E-state index contributed by atoms with van der Waals surface area (Å²) in [6.45, 7) is 2.60. The van der Waals surface area contributed by atoms with Crippen molar-refractivity contribution >= 4 is 17.5 Å². The zero-order valence-corrected chi connectivity index (χ0v) is 15.2. The quantitative estimate of drug-likeness (QED) is 0.733. The van der Waals surface area contributed by atoms with Crippen LogP contribution in [0.1, 0.15) is 18.6 Å². The lowest BCUT2D eigenvalue weighted by molar-refractivity contribution is 0.395. The number of nitrogens with one attached hydrogen (secondary N) is 1. The zero-order chi connectivity index (χ0) is 17.8. The molecule has 0 spiro atoms. The van der Waals surface area contributed by atoms with Crippen LogP contribution in [0.15, 0.2) is 59.3 Å². The number of halogens is 1. The third-order valence-electron chi connectivity index (χ3n) is 4.62. The van der Waals surface area contributed by atoms with E-state index in [2.05, 4.69) is 20.2 Å². The normalized spacial score (nSPS) is 17.4. The Hall–Kier alpha value is -2.37. The molecule has 1 atom stereocenters. The molecule has 3 aromatic rings. The molecule has 1 saturated heterocycles. The van der Waals surface area contributed by atoms with E-state index < -0.39 is 0 Å². The van der Waals surface area contributed by atoms with Crippen LogP contribution < -0.4 is 10.2 Å². The second-order valence-electron chi connectivity index (χ2n) is 6.46. The second-order valence-corrected chi connectivity index (χ2v) is 6.87. The van der Waals surface area contributed by atoms with Crippen LogP contribution in [0.25, 0.3) is 11.3 Å². The average molecular weight is 369 g/mol. The summed E-state index contributed by atoms with van der Waals surface area (Å²) in [5.41, 5.74) is 0.922. The van der Waals surface area contributed by atoms with Gasteiger partial charge in [0.25, 0.3) is 0 Å². The number of hydrogen-bond acceptors (Lipinski definition) is 5. The Kier molecular flexibility index (Phi) is 5.18. The molecule has 0 aliphatic carbocycles. The summed E-state index contributed by atoms with van der Waals surface area (Å²) >= 11 is 6.25. The highest BCUT2D eigenvalue weighted by atomic mass is 35.5. The number of aromatic nitrogens is 2. The number of benzene rings is 1. The van der Waals surface area contributed by atoms with Gasteiger partial charge in [0.05, 0.1) is 11.6 Å². The van der Waals surface area contributed by atoms with Crippen LogP contribution in [0.3, 0.4) is 0 Å². The van der Waals surface area contributed by atoms with Crippen LogP contribution in [0.5, 0.6) is 0 Å². The lowest BCUT2D eigenvalue weighted by atomic mass is 10.1. The molecule has 3 heterocycles. The number of furan rings is 1. The van der Waals surface area contributed by atoms with Gasteiger partial charge < -0.3 is 14.6 Å². The minimum atomic E-state index is 0.390. The van der Waals surface area contributed by atoms with E-state index in [1.165, 1.54) is 0 Å². The van der Waals surface area contributed by atoms with Crippen LogP contribution in [-0.2, 0) is 6.54 Å². The Labute approximate surface area is 158 Å². The van der Waals surface area contributed by atoms with Gasteiger partial charge in [-0.05, 0) is 43.2 Å². The van der Waals surface area contributed by atoms with Crippen LogP contribution in [0.4, 0.5) is 5.95 Å².